The predicted octanol–water partition coefficient (Wildman–Crippen LogP) is 2.91. The van der Waals surface area contributed by atoms with Crippen molar-refractivity contribution in [3.05, 3.63) is 65.2 Å². The van der Waals surface area contributed by atoms with Crippen LogP contribution in [-0.4, -0.2) is 64.7 Å². The fourth-order valence-electron chi connectivity index (χ4n) is 4.26. The first kappa shape index (κ1) is 30.5. The minimum absolute atomic E-state index is 0. The molecule has 2 aromatic carbocycles. The maximum atomic E-state index is 12.4. The molecule has 38 heavy (non-hydrogen) atoms. The molecule has 9 nitrogen and oxygen atoms in total. The van der Waals surface area contributed by atoms with Crippen LogP contribution in [0.1, 0.15) is 67.9 Å². The first-order valence-electron chi connectivity index (χ1n) is 12.4. The molecule has 0 spiro atoms. The second kappa shape index (κ2) is 14.9. The van der Waals surface area contributed by atoms with Gasteiger partial charge in [-0.05, 0) is 75.3 Å². The number of nitrogens with one attached hydrogen (secondary N) is 3. The molecule has 3 amide bonds. The number of anilines is 1. The van der Waals surface area contributed by atoms with Crippen LogP contribution in [0.25, 0.3) is 0 Å². The van der Waals surface area contributed by atoms with Crippen molar-refractivity contribution in [3.63, 3.8) is 0 Å². The summed E-state index contributed by atoms with van der Waals surface area (Å²) in [7, 11) is 2.01. The fourth-order valence-corrected chi connectivity index (χ4v) is 4.26. The number of hydrogen-bond donors (Lipinski definition) is 5. The average Bonchev–Trinajstić information content (AvgIpc) is 2.91. The van der Waals surface area contributed by atoms with Crippen LogP contribution in [0, 0.1) is 11.8 Å². The molecule has 0 heterocycles. The Bertz CT molecular complexity index is 1130. The number of hydrogen-bond acceptors (Lipinski definition) is 6. The lowest BCUT2D eigenvalue weighted by molar-refractivity contribution is -0.133. The molecule has 0 bridgehead atoms. The summed E-state index contributed by atoms with van der Waals surface area (Å²) in [6, 6.07) is 12.9. The third kappa shape index (κ3) is 8.99. The highest BCUT2D eigenvalue weighted by Crippen LogP contribution is 2.21. The third-order valence-corrected chi connectivity index (χ3v) is 6.42. The molecular weight excluding hydrogens is 484 g/mol. The first-order chi connectivity index (χ1) is 17.8. The Morgan fingerprint density at radius 1 is 0.974 bits per heavy atom. The lowest BCUT2D eigenvalue weighted by Crippen LogP contribution is -2.51. The van der Waals surface area contributed by atoms with Gasteiger partial charge in [0, 0.05) is 28.4 Å². The summed E-state index contributed by atoms with van der Waals surface area (Å²) in [5, 5.41) is 23.7. The van der Waals surface area contributed by atoms with E-state index in [1.807, 2.05) is 31.3 Å². The predicted molar refractivity (Wildman–Crippen MR) is 147 cm³/mol. The van der Waals surface area contributed by atoms with E-state index in [0.717, 1.165) is 18.4 Å². The van der Waals surface area contributed by atoms with Gasteiger partial charge < -0.3 is 15.7 Å². The first-order valence-corrected chi connectivity index (χ1v) is 12.4. The maximum Gasteiger partial charge on any atom is 0.268 e. The zero-order chi connectivity index (χ0) is 26.8. The lowest BCUT2D eigenvalue weighted by Gasteiger charge is -2.30. The molecule has 1 aliphatic rings. The zero-order valence-corrected chi connectivity index (χ0v) is 21.2. The van der Waals surface area contributed by atoms with Gasteiger partial charge in [-0.25, -0.2) is 5.48 Å². The van der Waals surface area contributed by atoms with E-state index in [-0.39, 0.29) is 18.9 Å². The van der Waals surface area contributed by atoms with Crippen LogP contribution in [-0.2, 0) is 9.59 Å². The van der Waals surface area contributed by atoms with Crippen LogP contribution in [0.4, 0.5) is 5.69 Å². The Morgan fingerprint density at radius 2 is 1.53 bits per heavy atom. The Kier molecular flexibility index (Phi) is 12.0. The fraction of sp³-hybridized carbons (Fsp3) is 0.414. The summed E-state index contributed by atoms with van der Waals surface area (Å²) in [4.78, 5) is 38.5. The highest BCUT2D eigenvalue weighted by molar-refractivity contribution is 5.97. The molecule has 9 heteroatoms. The van der Waals surface area contributed by atoms with Gasteiger partial charge >= 0.3 is 0 Å². The van der Waals surface area contributed by atoms with Crippen molar-refractivity contribution in [2.75, 3.05) is 18.9 Å². The van der Waals surface area contributed by atoms with Gasteiger partial charge in [-0.2, -0.15) is 0 Å². The Balaban J connectivity index is 0.00000507. The molecular formula is C29H38N4O5. The van der Waals surface area contributed by atoms with Gasteiger partial charge in [-0.15, -0.1) is 0 Å². The van der Waals surface area contributed by atoms with E-state index in [4.69, 9.17) is 5.21 Å². The molecule has 2 aromatic rings. The molecule has 0 radical (unpaired) electrons. The van der Waals surface area contributed by atoms with Crippen LogP contribution in [0.15, 0.2) is 48.5 Å². The van der Waals surface area contributed by atoms with Crippen LogP contribution in [0.3, 0.4) is 0 Å². The average molecular weight is 523 g/mol. The molecule has 0 unspecified atom stereocenters. The Hall–Kier alpha value is -3.71. The van der Waals surface area contributed by atoms with Crippen molar-refractivity contribution in [2.24, 2.45) is 0 Å². The Morgan fingerprint density at radius 3 is 2.05 bits per heavy atom. The van der Waals surface area contributed by atoms with Crippen molar-refractivity contribution in [2.45, 2.75) is 64.6 Å². The van der Waals surface area contributed by atoms with Crippen LogP contribution < -0.4 is 16.1 Å². The quantitative estimate of drug-likeness (QED) is 0.206. The normalized spacial score (nSPS) is 14.8. The SMILES string of the molecule is C.C[C@@H](O)[C@H](NC(=O)c1ccc(C#Cc2ccc(NC(=O)CN(C)C3CCCCC3)cc2)cc1)C(=O)NO. The van der Waals surface area contributed by atoms with Crippen molar-refractivity contribution in [3.8, 4) is 11.8 Å². The molecule has 1 aliphatic carbocycles. The number of benzene rings is 2. The highest BCUT2D eigenvalue weighted by Gasteiger charge is 2.25. The minimum atomic E-state index is -1.29. The van der Waals surface area contributed by atoms with Crippen LogP contribution in [0.2, 0.25) is 0 Å². The van der Waals surface area contributed by atoms with Gasteiger partial charge in [-0.1, -0.05) is 38.5 Å². The number of aliphatic hydroxyl groups excluding tert-OH is 1. The zero-order valence-electron chi connectivity index (χ0n) is 21.2. The summed E-state index contributed by atoms with van der Waals surface area (Å²) in [6.45, 7) is 1.70. The van der Waals surface area contributed by atoms with Gasteiger partial charge in [0.15, 0.2) is 0 Å². The molecule has 0 aliphatic heterocycles. The molecule has 0 saturated heterocycles. The summed E-state index contributed by atoms with van der Waals surface area (Å²) in [6.07, 6.45) is 4.86. The van der Waals surface area contributed by atoms with E-state index in [9.17, 15) is 19.5 Å². The summed E-state index contributed by atoms with van der Waals surface area (Å²) >= 11 is 0. The van der Waals surface area contributed by atoms with Gasteiger partial charge in [0.25, 0.3) is 11.8 Å². The Labute approximate surface area is 224 Å². The number of carbonyl (C=O) groups excluding carboxylic acids is 3. The van der Waals surface area contributed by atoms with E-state index in [1.165, 1.54) is 31.7 Å². The van der Waals surface area contributed by atoms with E-state index < -0.39 is 24.0 Å². The highest BCUT2D eigenvalue weighted by atomic mass is 16.5. The summed E-state index contributed by atoms with van der Waals surface area (Å²) < 4.78 is 0. The maximum absolute atomic E-state index is 12.4. The summed E-state index contributed by atoms with van der Waals surface area (Å²) in [5.41, 5.74) is 3.87. The number of amides is 3. The van der Waals surface area contributed by atoms with Crippen LogP contribution in [0.5, 0.6) is 0 Å². The second-order valence-corrected chi connectivity index (χ2v) is 9.33. The van der Waals surface area contributed by atoms with E-state index in [2.05, 4.69) is 27.4 Å². The lowest BCUT2D eigenvalue weighted by atomic mass is 9.94. The van der Waals surface area contributed by atoms with Crippen LogP contribution >= 0.6 is 0 Å². The monoisotopic (exact) mass is 522 g/mol. The smallest absolute Gasteiger partial charge is 0.268 e. The minimum Gasteiger partial charge on any atom is -0.391 e. The van der Waals surface area contributed by atoms with Crippen molar-refractivity contribution in [1.82, 2.24) is 15.7 Å². The van der Waals surface area contributed by atoms with Crippen molar-refractivity contribution < 1.29 is 24.7 Å². The van der Waals surface area contributed by atoms with Gasteiger partial charge in [-0.3, -0.25) is 24.5 Å². The molecule has 0 aromatic heterocycles. The van der Waals surface area contributed by atoms with Crippen molar-refractivity contribution in [1.29, 1.82) is 0 Å². The van der Waals surface area contributed by atoms with E-state index >= 15 is 0 Å². The molecule has 5 N–H and O–H groups in total. The van der Waals surface area contributed by atoms with Gasteiger partial charge in [0.1, 0.15) is 6.04 Å². The number of carbonyl (C=O) groups is 3. The standard InChI is InChI=1S/C28H34N4O5.CH4/c1-19(33)26(28(36)31-37)30-27(35)22-14-10-20(11-15-22)8-9-21-12-16-23(17-13-21)29-25(34)18-32(2)24-6-4-3-5-7-24;/h10-17,19,24,26,33,37H,3-7,18H2,1-2H3,(H,29,34)(H,30,35)(H,31,36);1H4/t19-,26+;/m1./s1. The van der Waals surface area contributed by atoms with Gasteiger partial charge in [0.2, 0.25) is 5.91 Å². The van der Waals surface area contributed by atoms with Crippen molar-refractivity contribution >= 4 is 23.4 Å². The van der Waals surface area contributed by atoms with E-state index in [1.54, 1.807) is 24.3 Å². The number of hydroxylamine groups is 1. The number of likely N-dealkylation sites (N-methyl/N-ethyl adjacent to an activating group) is 1. The summed E-state index contributed by atoms with van der Waals surface area (Å²) in [5.74, 6) is 4.55. The second-order valence-electron chi connectivity index (χ2n) is 9.33. The molecule has 2 atom stereocenters. The largest absolute Gasteiger partial charge is 0.391 e. The molecule has 204 valence electrons. The third-order valence-electron chi connectivity index (χ3n) is 6.42. The topological polar surface area (TPSA) is 131 Å². The number of aliphatic hydroxyl groups is 1. The molecule has 1 saturated carbocycles. The van der Waals surface area contributed by atoms with E-state index in [0.29, 0.717) is 23.8 Å². The number of rotatable bonds is 8. The molecule has 3 rings (SSSR count). The number of nitrogens with zero attached hydrogens (tertiary/aromatic N) is 1. The van der Waals surface area contributed by atoms with Gasteiger partial charge in [0.05, 0.1) is 12.6 Å². The molecule has 1 fully saturated rings.